The first-order chi connectivity index (χ1) is 8.12. The van der Waals surface area contributed by atoms with Gasteiger partial charge in [-0.15, -0.1) is 0 Å². The van der Waals surface area contributed by atoms with Crippen LogP contribution in [0.5, 0.6) is 0 Å². The number of nitrogens with zero attached hydrogens (tertiary/aromatic N) is 1. The van der Waals surface area contributed by atoms with Crippen LogP contribution in [0, 0.1) is 0 Å². The van der Waals surface area contributed by atoms with E-state index in [0.29, 0.717) is 6.54 Å². The highest BCUT2D eigenvalue weighted by molar-refractivity contribution is 9.10. The number of halogens is 1. The third kappa shape index (κ3) is 3.71. The monoisotopic (exact) mass is 300 g/mol. The average molecular weight is 301 g/mol. The Morgan fingerprint density at radius 1 is 1.53 bits per heavy atom. The van der Waals surface area contributed by atoms with Crippen LogP contribution in [-0.4, -0.2) is 31.2 Å². The Morgan fingerprint density at radius 3 is 2.71 bits per heavy atom. The van der Waals surface area contributed by atoms with E-state index in [2.05, 4.69) is 21.2 Å². The lowest BCUT2D eigenvalue weighted by molar-refractivity contribution is -0.119. The molecule has 94 valence electrons. The molecule has 4 nitrogen and oxygen atoms in total. The van der Waals surface area contributed by atoms with Crippen molar-refractivity contribution in [3.8, 4) is 0 Å². The number of aliphatic hydroxyl groups excluding tert-OH is 1. The zero-order valence-corrected chi connectivity index (χ0v) is 11.6. The van der Waals surface area contributed by atoms with Crippen LogP contribution in [0.25, 0.3) is 0 Å². The molecule has 2 N–H and O–H groups in total. The van der Waals surface area contributed by atoms with E-state index in [4.69, 9.17) is 5.11 Å². The standard InChI is InChI=1S/C12H17BrN2O2/c1-3-15(7-12(17)14-2)10-5-4-9(8-16)11(13)6-10/h4-6,16H,3,7-8H2,1-2H3,(H,14,17). The molecule has 0 unspecified atom stereocenters. The Kier molecular flexibility index (Phi) is 5.44. The number of hydrogen-bond acceptors (Lipinski definition) is 3. The molecule has 17 heavy (non-hydrogen) atoms. The summed E-state index contributed by atoms with van der Waals surface area (Å²) >= 11 is 3.40. The van der Waals surface area contributed by atoms with Crippen molar-refractivity contribution in [2.45, 2.75) is 13.5 Å². The summed E-state index contributed by atoms with van der Waals surface area (Å²) in [4.78, 5) is 13.3. The van der Waals surface area contributed by atoms with Crippen molar-refractivity contribution in [2.24, 2.45) is 0 Å². The SMILES string of the molecule is CCN(CC(=O)NC)c1ccc(CO)c(Br)c1. The summed E-state index contributed by atoms with van der Waals surface area (Å²) in [6, 6.07) is 5.67. The van der Waals surface area contributed by atoms with Gasteiger partial charge in [0.25, 0.3) is 0 Å². The summed E-state index contributed by atoms with van der Waals surface area (Å²) < 4.78 is 0.854. The van der Waals surface area contributed by atoms with E-state index in [1.807, 2.05) is 30.0 Å². The van der Waals surface area contributed by atoms with Crippen molar-refractivity contribution in [1.29, 1.82) is 0 Å². The maximum atomic E-state index is 11.4. The minimum atomic E-state index is -0.0193. The fourth-order valence-corrected chi connectivity index (χ4v) is 1.99. The van der Waals surface area contributed by atoms with Crippen LogP contribution in [0.15, 0.2) is 22.7 Å². The van der Waals surface area contributed by atoms with Gasteiger partial charge in [0.15, 0.2) is 0 Å². The quantitative estimate of drug-likeness (QED) is 0.867. The number of aliphatic hydroxyl groups is 1. The average Bonchev–Trinajstić information content (AvgIpc) is 2.35. The normalized spacial score (nSPS) is 10.1. The van der Waals surface area contributed by atoms with Crippen LogP contribution in [0.3, 0.4) is 0 Å². The first-order valence-electron chi connectivity index (χ1n) is 5.47. The first kappa shape index (κ1) is 14.0. The molecule has 1 rings (SSSR count). The molecule has 1 amide bonds. The van der Waals surface area contributed by atoms with E-state index >= 15 is 0 Å². The van der Waals surface area contributed by atoms with Crippen molar-refractivity contribution in [2.75, 3.05) is 25.0 Å². The van der Waals surface area contributed by atoms with Gasteiger partial charge in [-0.2, -0.15) is 0 Å². The van der Waals surface area contributed by atoms with E-state index in [-0.39, 0.29) is 12.5 Å². The van der Waals surface area contributed by atoms with Gasteiger partial charge in [0.1, 0.15) is 0 Å². The first-order valence-corrected chi connectivity index (χ1v) is 6.26. The minimum absolute atomic E-state index is 0.00242. The predicted molar refractivity (Wildman–Crippen MR) is 72.0 cm³/mol. The van der Waals surface area contributed by atoms with Gasteiger partial charge in [0.2, 0.25) is 5.91 Å². The van der Waals surface area contributed by atoms with Crippen LogP contribution in [0.4, 0.5) is 5.69 Å². The van der Waals surface area contributed by atoms with Gasteiger partial charge in [-0.25, -0.2) is 0 Å². The van der Waals surface area contributed by atoms with Gasteiger partial charge >= 0.3 is 0 Å². The summed E-state index contributed by atoms with van der Waals surface area (Å²) in [6.45, 7) is 3.08. The zero-order valence-electron chi connectivity index (χ0n) is 10.0. The minimum Gasteiger partial charge on any atom is -0.392 e. The molecule has 1 aromatic rings. The molecule has 5 heteroatoms. The van der Waals surface area contributed by atoms with Gasteiger partial charge in [-0.05, 0) is 24.6 Å². The summed E-state index contributed by atoms with van der Waals surface area (Å²) in [5, 5.41) is 11.7. The Labute approximate surface area is 110 Å². The number of hydrogen-bond donors (Lipinski definition) is 2. The predicted octanol–water partition coefficient (Wildman–Crippen LogP) is 1.51. The molecule has 1 aromatic carbocycles. The fourth-order valence-electron chi connectivity index (χ4n) is 1.50. The number of benzene rings is 1. The Hall–Kier alpha value is -1.07. The van der Waals surface area contributed by atoms with E-state index in [1.165, 1.54) is 0 Å². The molecule has 0 saturated heterocycles. The highest BCUT2D eigenvalue weighted by atomic mass is 79.9. The number of rotatable bonds is 5. The van der Waals surface area contributed by atoms with Crippen LogP contribution >= 0.6 is 15.9 Å². The molecular formula is C12H17BrN2O2. The number of anilines is 1. The Bertz CT molecular complexity index is 396. The molecule has 0 aliphatic heterocycles. The number of amides is 1. The molecule has 0 fully saturated rings. The third-order valence-electron chi connectivity index (χ3n) is 2.57. The number of carbonyl (C=O) groups is 1. The second-order valence-corrected chi connectivity index (χ2v) is 4.48. The van der Waals surface area contributed by atoms with Crippen molar-refractivity contribution in [1.82, 2.24) is 5.32 Å². The van der Waals surface area contributed by atoms with Crippen LogP contribution < -0.4 is 10.2 Å². The fraction of sp³-hybridized carbons (Fsp3) is 0.417. The summed E-state index contributed by atoms with van der Waals surface area (Å²) in [5.41, 5.74) is 1.80. The molecular weight excluding hydrogens is 284 g/mol. The van der Waals surface area contributed by atoms with Gasteiger partial charge in [-0.1, -0.05) is 22.0 Å². The molecule has 0 aromatic heterocycles. The Balaban J connectivity index is 2.88. The maximum absolute atomic E-state index is 11.4. The lowest BCUT2D eigenvalue weighted by Crippen LogP contribution is -2.35. The van der Waals surface area contributed by atoms with E-state index in [1.54, 1.807) is 7.05 Å². The van der Waals surface area contributed by atoms with Crippen molar-refractivity contribution >= 4 is 27.5 Å². The molecule has 0 aliphatic carbocycles. The molecule has 0 aliphatic rings. The topological polar surface area (TPSA) is 52.6 Å². The van der Waals surface area contributed by atoms with Crippen LogP contribution in [0.1, 0.15) is 12.5 Å². The van der Waals surface area contributed by atoms with E-state index in [0.717, 1.165) is 22.3 Å². The second kappa shape index (κ2) is 6.61. The van der Waals surface area contributed by atoms with Gasteiger partial charge in [-0.3, -0.25) is 4.79 Å². The molecule has 0 spiro atoms. The van der Waals surface area contributed by atoms with E-state index < -0.39 is 0 Å². The number of likely N-dealkylation sites (N-methyl/N-ethyl adjacent to an activating group) is 2. The lowest BCUT2D eigenvalue weighted by atomic mass is 10.2. The lowest BCUT2D eigenvalue weighted by Gasteiger charge is -2.22. The zero-order chi connectivity index (χ0) is 12.8. The van der Waals surface area contributed by atoms with E-state index in [9.17, 15) is 4.79 Å². The highest BCUT2D eigenvalue weighted by Gasteiger charge is 2.10. The molecule has 0 radical (unpaired) electrons. The number of nitrogens with one attached hydrogen (secondary N) is 1. The van der Waals surface area contributed by atoms with Gasteiger partial charge < -0.3 is 15.3 Å². The maximum Gasteiger partial charge on any atom is 0.239 e. The second-order valence-electron chi connectivity index (χ2n) is 3.62. The van der Waals surface area contributed by atoms with Crippen molar-refractivity contribution in [3.05, 3.63) is 28.2 Å². The van der Waals surface area contributed by atoms with Crippen LogP contribution in [0.2, 0.25) is 0 Å². The third-order valence-corrected chi connectivity index (χ3v) is 3.31. The molecule has 0 saturated carbocycles. The largest absolute Gasteiger partial charge is 0.392 e. The number of carbonyl (C=O) groups excluding carboxylic acids is 1. The molecule has 0 bridgehead atoms. The van der Waals surface area contributed by atoms with Crippen molar-refractivity contribution in [3.63, 3.8) is 0 Å². The Morgan fingerprint density at radius 2 is 2.24 bits per heavy atom. The van der Waals surface area contributed by atoms with Crippen molar-refractivity contribution < 1.29 is 9.90 Å². The summed E-state index contributed by atoms with van der Waals surface area (Å²) in [6.07, 6.45) is 0. The van der Waals surface area contributed by atoms with Gasteiger partial charge in [0.05, 0.1) is 13.2 Å². The summed E-state index contributed by atoms with van der Waals surface area (Å²) in [5.74, 6) is -0.0193. The summed E-state index contributed by atoms with van der Waals surface area (Å²) in [7, 11) is 1.63. The molecule has 0 atom stereocenters. The van der Waals surface area contributed by atoms with Gasteiger partial charge in [0, 0.05) is 23.8 Å². The van der Waals surface area contributed by atoms with Crippen LogP contribution in [-0.2, 0) is 11.4 Å². The highest BCUT2D eigenvalue weighted by Crippen LogP contribution is 2.24. The smallest absolute Gasteiger partial charge is 0.239 e. The molecule has 0 heterocycles.